The van der Waals surface area contributed by atoms with Gasteiger partial charge in [-0.1, -0.05) is 48.0 Å². The number of aryl methyl sites for hydroxylation is 2. The molecule has 1 aliphatic rings. The van der Waals surface area contributed by atoms with Crippen LogP contribution in [0.4, 0.5) is 19.0 Å². The maximum Gasteiger partial charge on any atom is 0.425 e. The first-order valence-corrected chi connectivity index (χ1v) is 10.2. The van der Waals surface area contributed by atoms with Crippen LogP contribution in [0.3, 0.4) is 0 Å². The Morgan fingerprint density at radius 2 is 1.68 bits per heavy atom. The third kappa shape index (κ3) is 3.78. The van der Waals surface area contributed by atoms with Gasteiger partial charge in [0.2, 0.25) is 11.4 Å². The van der Waals surface area contributed by atoms with Crippen molar-refractivity contribution < 1.29 is 22.8 Å². The largest absolute Gasteiger partial charge is 0.425 e. The van der Waals surface area contributed by atoms with Gasteiger partial charge < -0.3 is 10.6 Å². The summed E-state index contributed by atoms with van der Waals surface area (Å²) in [6, 6.07) is 14.7. The highest BCUT2D eigenvalue weighted by Gasteiger charge is 2.68. The van der Waals surface area contributed by atoms with Crippen molar-refractivity contribution in [1.29, 1.82) is 0 Å². The third-order valence-corrected chi connectivity index (χ3v) is 5.59. The Labute approximate surface area is 190 Å². The lowest BCUT2D eigenvalue weighted by Gasteiger charge is -2.30. The number of nitrogens with one attached hydrogen (secondary N) is 3. The Balaban J connectivity index is 1.82. The van der Waals surface area contributed by atoms with E-state index in [9.17, 15) is 32.3 Å². The molecule has 0 saturated heterocycles. The summed E-state index contributed by atoms with van der Waals surface area (Å²) < 4.78 is 44.0. The number of alkyl halides is 3. The van der Waals surface area contributed by atoms with E-state index in [1.807, 2.05) is 10.3 Å². The van der Waals surface area contributed by atoms with Crippen LogP contribution in [-0.2, 0) is 21.5 Å². The van der Waals surface area contributed by atoms with E-state index in [2.05, 4.69) is 0 Å². The number of benzene rings is 2. The maximum atomic E-state index is 14.4. The van der Waals surface area contributed by atoms with E-state index < -0.39 is 46.2 Å². The number of carbonyl (C=O) groups excluding carboxylic acids is 2. The SMILES string of the molecule is Cc1ccc(-n2c3c(c(=O)[nH]c2=O)[C@](NC(=O)CCc2ccccc2)(C(F)(F)F)C(=O)N3)cc1. The molecule has 176 valence electrons. The monoisotopic (exact) mass is 472 g/mol. The molecule has 2 aromatic carbocycles. The average molecular weight is 472 g/mol. The molecule has 8 nitrogen and oxygen atoms in total. The molecule has 3 N–H and O–H groups in total. The standard InChI is InChI=1S/C23H19F3N4O4/c1-13-7-10-15(11-8-13)30-18-17(19(32)28-21(30)34)22(20(33)27-18,23(24,25)26)29-16(31)12-9-14-5-3-2-4-6-14/h2-8,10-11H,9,12H2,1H3,(H,27,33)(H,29,31)(H,28,32,34)/t22-/m1/s1. The molecule has 1 atom stereocenters. The number of fused-ring (bicyclic) bond motifs is 1. The average Bonchev–Trinajstić information content (AvgIpc) is 3.07. The Bertz CT molecular complexity index is 1380. The lowest BCUT2D eigenvalue weighted by atomic mass is 9.91. The summed E-state index contributed by atoms with van der Waals surface area (Å²) in [6.45, 7) is 1.77. The van der Waals surface area contributed by atoms with Gasteiger partial charge in [0.25, 0.3) is 11.5 Å². The van der Waals surface area contributed by atoms with Crippen molar-refractivity contribution in [2.75, 3.05) is 5.32 Å². The number of rotatable bonds is 5. The van der Waals surface area contributed by atoms with Crippen molar-refractivity contribution in [3.8, 4) is 5.69 Å². The quantitative estimate of drug-likeness (QED) is 0.529. The Morgan fingerprint density at radius 1 is 1.03 bits per heavy atom. The molecule has 11 heteroatoms. The molecule has 3 aromatic rings. The number of halogens is 3. The molecule has 0 bridgehead atoms. The molecule has 2 heterocycles. The number of hydrogen-bond acceptors (Lipinski definition) is 4. The number of H-pyrrole nitrogens is 1. The fourth-order valence-electron chi connectivity index (χ4n) is 3.89. The van der Waals surface area contributed by atoms with E-state index in [1.165, 1.54) is 12.1 Å². The van der Waals surface area contributed by atoms with E-state index >= 15 is 0 Å². The number of aromatic nitrogens is 2. The predicted molar refractivity (Wildman–Crippen MR) is 117 cm³/mol. The van der Waals surface area contributed by atoms with Crippen LogP contribution in [0.25, 0.3) is 5.69 Å². The van der Waals surface area contributed by atoms with Crippen molar-refractivity contribution in [2.24, 2.45) is 0 Å². The molecule has 4 rings (SSSR count). The van der Waals surface area contributed by atoms with Crippen LogP contribution in [0.5, 0.6) is 0 Å². The zero-order valence-corrected chi connectivity index (χ0v) is 17.8. The van der Waals surface area contributed by atoms with Crippen LogP contribution < -0.4 is 21.9 Å². The normalized spacial score (nSPS) is 17.2. The number of amides is 2. The van der Waals surface area contributed by atoms with Gasteiger partial charge in [-0.15, -0.1) is 0 Å². The summed E-state index contributed by atoms with van der Waals surface area (Å²) in [5, 5.41) is 3.75. The van der Waals surface area contributed by atoms with E-state index in [0.29, 0.717) is 5.56 Å². The maximum absolute atomic E-state index is 14.4. The zero-order chi connectivity index (χ0) is 24.7. The fraction of sp³-hybridized carbons (Fsp3) is 0.217. The van der Waals surface area contributed by atoms with Crippen LogP contribution >= 0.6 is 0 Å². The second-order valence-corrected chi connectivity index (χ2v) is 7.89. The molecule has 34 heavy (non-hydrogen) atoms. The minimum Gasteiger partial charge on any atom is -0.330 e. The first kappa shape index (κ1) is 23.0. The van der Waals surface area contributed by atoms with Gasteiger partial charge in [0.15, 0.2) is 0 Å². The van der Waals surface area contributed by atoms with Crippen molar-refractivity contribution in [2.45, 2.75) is 31.5 Å². The van der Waals surface area contributed by atoms with Crippen molar-refractivity contribution in [3.05, 3.63) is 92.1 Å². The number of anilines is 1. The summed E-state index contributed by atoms with van der Waals surface area (Å²) in [4.78, 5) is 52.4. The summed E-state index contributed by atoms with van der Waals surface area (Å²) in [5.41, 5.74) is -5.58. The molecule has 0 fully saturated rings. The highest BCUT2D eigenvalue weighted by molar-refractivity contribution is 6.07. The molecule has 0 unspecified atom stereocenters. The van der Waals surface area contributed by atoms with Gasteiger partial charge in [0, 0.05) is 6.42 Å². The predicted octanol–water partition coefficient (Wildman–Crippen LogP) is 2.29. The number of aromatic amines is 1. The van der Waals surface area contributed by atoms with Gasteiger partial charge in [-0.2, -0.15) is 13.2 Å². The smallest absolute Gasteiger partial charge is 0.330 e. The topological polar surface area (TPSA) is 113 Å². The molecular weight excluding hydrogens is 453 g/mol. The van der Waals surface area contributed by atoms with E-state index in [1.54, 1.807) is 54.7 Å². The lowest BCUT2D eigenvalue weighted by molar-refractivity contribution is -0.200. The van der Waals surface area contributed by atoms with Crippen LogP contribution in [0.15, 0.2) is 64.2 Å². The zero-order valence-electron chi connectivity index (χ0n) is 17.8. The summed E-state index contributed by atoms with van der Waals surface area (Å²) in [7, 11) is 0. The first-order chi connectivity index (χ1) is 16.0. The highest BCUT2D eigenvalue weighted by atomic mass is 19.4. The Kier molecular flexibility index (Phi) is 5.64. The second-order valence-electron chi connectivity index (χ2n) is 7.89. The molecule has 0 spiro atoms. The van der Waals surface area contributed by atoms with E-state index in [-0.39, 0.29) is 18.5 Å². The summed E-state index contributed by atoms with van der Waals surface area (Å²) >= 11 is 0. The summed E-state index contributed by atoms with van der Waals surface area (Å²) in [5.74, 6) is -3.42. The van der Waals surface area contributed by atoms with E-state index in [0.717, 1.165) is 10.1 Å². The van der Waals surface area contributed by atoms with Gasteiger partial charge in [-0.05, 0) is 31.0 Å². The molecule has 2 amide bonds. The molecule has 0 radical (unpaired) electrons. The van der Waals surface area contributed by atoms with Crippen LogP contribution in [0, 0.1) is 6.92 Å². The van der Waals surface area contributed by atoms with Crippen LogP contribution in [0.2, 0.25) is 0 Å². The Hall–Kier alpha value is -4.15. The van der Waals surface area contributed by atoms with E-state index in [4.69, 9.17) is 0 Å². The number of carbonyl (C=O) groups is 2. The van der Waals surface area contributed by atoms with Gasteiger partial charge in [0.1, 0.15) is 11.4 Å². The summed E-state index contributed by atoms with van der Waals surface area (Å²) in [6.07, 6.45) is -5.62. The minimum absolute atomic E-state index is 0.119. The number of nitrogens with zero attached hydrogens (tertiary/aromatic N) is 1. The molecular formula is C23H19F3N4O4. The minimum atomic E-state index is -5.38. The molecule has 1 aliphatic heterocycles. The van der Waals surface area contributed by atoms with Crippen molar-refractivity contribution >= 4 is 17.6 Å². The van der Waals surface area contributed by atoms with Crippen molar-refractivity contribution in [3.63, 3.8) is 0 Å². The number of hydrogen-bond donors (Lipinski definition) is 3. The first-order valence-electron chi connectivity index (χ1n) is 10.2. The second kappa shape index (κ2) is 8.32. The molecule has 0 aliphatic carbocycles. The molecule has 0 saturated carbocycles. The highest BCUT2D eigenvalue weighted by Crippen LogP contribution is 2.45. The fourth-order valence-corrected chi connectivity index (χ4v) is 3.89. The van der Waals surface area contributed by atoms with Crippen LogP contribution in [-0.4, -0.2) is 27.5 Å². The Morgan fingerprint density at radius 3 is 2.29 bits per heavy atom. The van der Waals surface area contributed by atoms with Gasteiger partial charge in [-0.25, -0.2) is 9.36 Å². The lowest BCUT2D eigenvalue weighted by Crippen LogP contribution is -2.62. The van der Waals surface area contributed by atoms with Crippen molar-refractivity contribution in [1.82, 2.24) is 14.9 Å². The third-order valence-electron chi connectivity index (χ3n) is 5.59. The van der Waals surface area contributed by atoms with Gasteiger partial charge in [0.05, 0.1) is 5.69 Å². The molecule has 1 aromatic heterocycles. The van der Waals surface area contributed by atoms with Crippen LogP contribution in [0.1, 0.15) is 23.1 Å². The van der Waals surface area contributed by atoms with Gasteiger partial charge >= 0.3 is 11.9 Å². The van der Waals surface area contributed by atoms with Gasteiger partial charge in [-0.3, -0.25) is 19.4 Å².